The Morgan fingerprint density at radius 1 is 1.54 bits per heavy atom. The Bertz CT molecular complexity index is 373. The SMILES string of the molecule is N#Cc1c(F)cnc(C(F)F)c1Br. The summed E-state index contributed by atoms with van der Waals surface area (Å²) in [5.74, 6) is -0.918. The van der Waals surface area contributed by atoms with Gasteiger partial charge >= 0.3 is 0 Å². The number of hydrogen-bond acceptors (Lipinski definition) is 2. The third kappa shape index (κ3) is 1.80. The smallest absolute Gasteiger partial charge is 0.251 e. The van der Waals surface area contributed by atoms with Crippen molar-refractivity contribution in [3.63, 3.8) is 0 Å². The Labute approximate surface area is 80.1 Å². The molecule has 2 nitrogen and oxygen atoms in total. The number of halogens is 4. The van der Waals surface area contributed by atoms with Gasteiger partial charge < -0.3 is 0 Å². The zero-order chi connectivity index (χ0) is 10.0. The van der Waals surface area contributed by atoms with Gasteiger partial charge in [0.1, 0.15) is 17.3 Å². The highest BCUT2D eigenvalue weighted by Gasteiger charge is 2.18. The molecule has 0 unspecified atom stereocenters. The van der Waals surface area contributed by atoms with E-state index < -0.39 is 23.5 Å². The van der Waals surface area contributed by atoms with Crippen molar-refractivity contribution in [2.24, 2.45) is 0 Å². The minimum Gasteiger partial charge on any atom is -0.251 e. The second kappa shape index (κ2) is 3.75. The molecule has 6 heteroatoms. The molecule has 1 heterocycles. The average molecular weight is 251 g/mol. The fraction of sp³-hybridized carbons (Fsp3) is 0.143. The van der Waals surface area contributed by atoms with E-state index >= 15 is 0 Å². The maximum absolute atomic E-state index is 12.7. The number of pyridine rings is 1. The van der Waals surface area contributed by atoms with Crippen LogP contribution in [0.2, 0.25) is 0 Å². The molecule has 1 rings (SSSR count). The molecular formula is C7H2BrF3N2. The van der Waals surface area contributed by atoms with Crippen LogP contribution in [0.5, 0.6) is 0 Å². The van der Waals surface area contributed by atoms with E-state index in [0.29, 0.717) is 6.20 Å². The Morgan fingerprint density at radius 3 is 2.62 bits per heavy atom. The predicted molar refractivity (Wildman–Crippen MR) is 41.6 cm³/mol. The quantitative estimate of drug-likeness (QED) is 0.769. The van der Waals surface area contributed by atoms with Crippen molar-refractivity contribution in [3.05, 3.63) is 27.7 Å². The molecule has 0 atom stereocenters. The molecule has 0 fully saturated rings. The van der Waals surface area contributed by atoms with E-state index in [2.05, 4.69) is 20.9 Å². The molecule has 68 valence electrons. The summed E-state index contributed by atoms with van der Waals surface area (Å²) >= 11 is 2.69. The number of aromatic nitrogens is 1. The monoisotopic (exact) mass is 250 g/mol. The van der Waals surface area contributed by atoms with Crippen molar-refractivity contribution in [2.75, 3.05) is 0 Å². The van der Waals surface area contributed by atoms with Gasteiger partial charge in [0.15, 0.2) is 5.82 Å². The summed E-state index contributed by atoms with van der Waals surface area (Å²) < 4.78 is 36.8. The number of nitrogens with zero attached hydrogens (tertiary/aromatic N) is 2. The fourth-order valence-corrected chi connectivity index (χ4v) is 1.29. The van der Waals surface area contributed by atoms with E-state index in [1.807, 2.05) is 0 Å². The van der Waals surface area contributed by atoms with Gasteiger partial charge in [-0.05, 0) is 15.9 Å². The number of rotatable bonds is 1. The Balaban J connectivity index is 3.38. The summed E-state index contributed by atoms with van der Waals surface area (Å²) in [7, 11) is 0. The van der Waals surface area contributed by atoms with Gasteiger partial charge in [-0.15, -0.1) is 0 Å². The van der Waals surface area contributed by atoms with E-state index in [9.17, 15) is 13.2 Å². The van der Waals surface area contributed by atoms with Crippen LogP contribution in [0.1, 0.15) is 17.7 Å². The van der Waals surface area contributed by atoms with Gasteiger partial charge in [-0.2, -0.15) is 5.26 Å². The van der Waals surface area contributed by atoms with Crippen LogP contribution >= 0.6 is 15.9 Å². The first-order valence-corrected chi connectivity index (χ1v) is 3.89. The van der Waals surface area contributed by atoms with Crippen LogP contribution in [-0.2, 0) is 0 Å². The first-order valence-electron chi connectivity index (χ1n) is 3.10. The fourth-order valence-electron chi connectivity index (χ4n) is 0.735. The van der Waals surface area contributed by atoms with Crippen LogP contribution in [-0.4, -0.2) is 4.98 Å². The highest BCUT2D eigenvalue weighted by Crippen LogP contribution is 2.28. The van der Waals surface area contributed by atoms with Crippen molar-refractivity contribution in [1.29, 1.82) is 5.26 Å². The lowest BCUT2D eigenvalue weighted by molar-refractivity contribution is 0.145. The van der Waals surface area contributed by atoms with Crippen molar-refractivity contribution >= 4 is 15.9 Å². The first-order chi connectivity index (χ1) is 6.07. The second-order valence-corrected chi connectivity index (χ2v) is 2.89. The number of hydrogen-bond donors (Lipinski definition) is 0. The molecule has 0 amide bonds. The highest BCUT2D eigenvalue weighted by atomic mass is 79.9. The van der Waals surface area contributed by atoms with Crippen LogP contribution < -0.4 is 0 Å². The van der Waals surface area contributed by atoms with Gasteiger partial charge in [0.2, 0.25) is 0 Å². The van der Waals surface area contributed by atoms with Crippen LogP contribution in [0.3, 0.4) is 0 Å². The van der Waals surface area contributed by atoms with Gasteiger partial charge in [0, 0.05) is 0 Å². The first kappa shape index (κ1) is 9.99. The molecule has 1 aromatic heterocycles. The van der Waals surface area contributed by atoms with Gasteiger partial charge in [-0.1, -0.05) is 0 Å². The normalized spacial score (nSPS) is 10.2. The summed E-state index contributed by atoms with van der Waals surface area (Å²) in [6, 6.07) is 1.46. The van der Waals surface area contributed by atoms with Crippen LogP contribution in [0.25, 0.3) is 0 Å². The largest absolute Gasteiger partial charge is 0.281 e. The maximum Gasteiger partial charge on any atom is 0.281 e. The van der Waals surface area contributed by atoms with Gasteiger partial charge in [-0.3, -0.25) is 4.98 Å². The molecule has 13 heavy (non-hydrogen) atoms. The lowest BCUT2D eigenvalue weighted by Crippen LogP contribution is -1.97. The van der Waals surface area contributed by atoms with E-state index in [4.69, 9.17) is 5.26 Å². The molecule has 0 radical (unpaired) electrons. The lowest BCUT2D eigenvalue weighted by atomic mass is 10.2. The third-order valence-corrected chi connectivity index (χ3v) is 2.12. The zero-order valence-electron chi connectivity index (χ0n) is 6.06. The summed E-state index contributed by atoms with van der Waals surface area (Å²) in [4.78, 5) is 3.16. The molecule has 0 bridgehead atoms. The van der Waals surface area contributed by atoms with Crippen LogP contribution in [0.15, 0.2) is 10.7 Å². The summed E-state index contributed by atoms with van der Waals surface area (Å²) in [5, 5.41) is 8.41. The van der Waals surface area contributed by atoms with E-state index in [1.165, 1.54) is 6.07 Å². The minimum atomic E-state index is -2.83. The standard InChI is InChI=1S/C7H2BrF3N2/c8-5-3(1-12)4(9)2-13-6(5)7(10)11/h2,7H. The average Bonchev–Trinajstić information content (AvgIpc) is 2.04. The Hall–Kier alpha value is -1.09. The van der Waals surface area contributed by atoms with Gasteiger partial charge in [-0.25, -0.2) is 13.2 Å². The molecule has 0 spiro atoms. The van der Waals surface area contributed by atoms with Gasteiger partial charge in [0.05, 0.1) is 10.7 Å². The summed E-state index contributed by atoms with van der Waals surface area (Å²) in [5.41, 5.74) is -1.08. The highest BCUT2D eigenvalue weighted by molar-refractivity contribution is 9.10. The van der Waals surface area contributed by atoms with Crippen LogP contribution in [0, 0.1) is 17.1 Å². The molecule has 0 saturated heterocycles. The van der Waals surface area contributed by atoms with Crippen molar-refractivity contribution in [1.82, 2.24) is 4.98 Å². The van der Waals surface area contributed by atoms with Crippen LogP contribution in [0.4, 0.5) is 13.2 Å². The van der Waals surface area contributed by atoms with Crippen molar-refractivity contribution in [3.8, 4) is 6.07 Å². The molecular weight excluding hydrogens is 249 g/mol. The summed E-state index contributed by atoms with van der Waals surface area (Å²) in [6.45, 7) is 0. The van der Waals surface area contributed by atoms with E-state index in [0.717, 1.165) is 0 Å². The molecule has 0 N–H and O–H groups in total. The van der Waals surface area contributed by atoms with E-state index in [-0.39, 0.29) is 4.47 Å². The van der Waals surface area contributed by atoms with Crippen molar-refractivity contribution < 1.29 is 13.2 Å². The molecule has 0 aliphatic carbocycles. The Morgan fingerprint density at radius 2 is 2.15 bits per heavy atom. The lowest BCUT2D eigenvalue weighted by Gasteiger charge is -2.03. The topological polar surface area (TPSA) is 36.7 Å². The predicted octanol–water partition coefficient (Wildman–Crippen LogP) is 2.79. The molecule has 0 aromatic carbocycles. The summed E-state index contributed by atoms with van der Waals surface area (Å²) in [6.07, 6.45) is -2.23. The van der Waals surface area contributed by atoms with E-state index in [1.54, 1.807) is 0 Å². The molecule has 0 aliphatic heterocycles. The zero-order valence-corrected chi connectivity index (χ0v) is 7.65. The molecule has 0 saturated carbocycles. The Kier molecular flexibility index (Phi) is 2.88. The van der Waals surface area contributed by atoms with Gasteiger partial charge in [0.25, 0.3) is 6.43 Å². The van der Waals surface area contributed by atoms with Crippen molar-refractivity contribution in [2.45, 2.75) is 6.43 Å². The number of nitriles is 1. The third-order valence-electron chi connectivity index (χ3n) is 1.32. The molecule has 0 aliphatic rings. The maximum atomic E-state index is 12.7. The number of alkyl halides is 2. The minimum absolute atomic E-state index is 0.287. The molecule has 1 aromatic rings. The second-order valence-electron chi connectivity index (χ2n) is 2.09.